The molecule has 4 heteroatoms. The first kappa shape index (κ1) is 12.1. The van der Waals surface area contributed by atoms with Gasteiger partial charge in [0.25, 0.3) is 0 Å². The van der Waals surface area contributed by atoms with Gasteiger partial charge in [-0.1, -0.05) is 30.3 Å². The number of benzene rings is 1. The highest BCUT2D eigenvalue weighted by Crippen LogP contribution is 2.28. The summed E-state index contributed by atoms with van der Waals surface area (Å²) in [6, 6.07) is 10.2. The molecule has 0 bridgehead atoms. The van der Waals surface area contributed by atoms with Crippen LogP contribution in [0.25, 0.3) is 0 Å². The number of carboxylic acids is 1. The molecule has 0 saturated carbocycles. The van der Waals surface area contributed by atoms with E-state index in [1.54, 1.807) is 7.11 Å². The van der Waals surface area contributed by atoms with Gasteiger partial charge in [-0.15, -0.1) is 0 Å². The summed E-state index contributed by atoms with van der Waals surface area (Å²) in [5, 5.41) is 8.88. The van der Waals surface area contributed by atoms with Gasteiger partial charge in [0.1, 0.15) is 0 Å². The third-order valence-electron chi connectivity index (χ3n) is 3.21. The van der Waals surface area contributed by atoms with Crippen molar-refractivity contribution in [2.75, 3.05) is 26.8 Å². The lowest BCUT2D eigenvalue weighted by Crippen LogP contribution is -2.52. The summed E-state index contributed by atoms with van der Waals surface area (Å²) in [4.78, 5) is 12.9. The molecule has 1 N–H and O–H groups in total. The highest BCUT2D eigenvalue weighted by Gasteiger charge is 2.37. The van der Waals surface area contributed by atoms with Crippen molar-refractivity contribution in [1.82, 2.24) is 4.90 Å². The molecule has 1 unspecified atom stereocenters. The molecule has 0 radical (unpaired) electrons. The normalized spacial score (nSPS) is 18.6. The van der Waals surface area contributed by atoms with Crippen molar-refractivity contribution in [3.05, 3.63) is 35.9 Å². The molecule has 0 aliphatic carbocycles. The molecule has 0 amide bonds. The van der Waals surface area contributed by atoms with Gasteiger partial charge in [0.2, 0.25) is 0 Å². The van der Waals surface area contributed by atoms with Crippen LogP contribution in [0.1, 0.15) is 11.6 Å². The van der Waals surface area contributed by atoms with Crippen LogP contribution >= 0.6 is 0 Å². The standard InChI is InChI=1S/C13H17NO3/c1-17-9-12(10-5-3-2-4-6-10)14-7-11(8-14)13(15)16/h2-6,11-12H,7-9H2,1H3,(H,15,16). The number of carboxylic acid groups (broad SMARTS) is 1. The van der Waals surface area contributed by atoms with Crippen molar-refractivity contribution in [2.45, 2.75) is 6.04 Å². The lowest BCUT2D eigenvalue weighted by Gasteiger charge is -2.42. The molecule has 1 aromatic carbocycles. The van der Waals surface area contributed by atoms with Crippen LogP contribution in [-0.2, 0) is 9.53 Å². The Kier molecular flexibility index (Phi) is 3.76. The quantitative estimate of drug-likeness (QED) is 0.838. The topological polar surface area (TPSA) is 49.8 Å². The molecule has 4 nitrogen and oxygen atoms in total. The third-order valence-corrected chi connectivity index (χ3v) is 3.21. The van der Waals surface area contributed by atoms with E-state index in [2.05, 4.69) is 17.0 Å². The fraction of sp³-hybridized carbons (Fsp3) is 0.462. The van der Waals surface area contributed by atoms with Crippen molar-refractivity contribution in [1.29, 1.82) is 0 Å². The minimum absolute atomic E-state index is 0.164. The molecule has 1 aromatic rings. The molecule has 1 atom stereocenters. The Labute approximate surface area is 101 Å². The number of aliphatic carboxylic acids is 1. The highest BCUT2D eigenvalue weighted by molar-refractivity contribution is 5.71. The fourth-order valence-electron chi connectivity index (χ4n) is 2.17. The summed E-state index contributed by atoms with van der Waals surface area (Å²) < 4.78 is 5.22. The summed E-state index contributed by atoms with van der Waals surface area (Å²) in [6.07, 6.45) is 0. The van der Waals surface area contributed by atoms with Crippen molar-refractivity contribution < 1.29 is 14.6 Å². The Hall–Kier alpha value is -1.39. The van der Waals surface area contributed by atoms with E-state index in [0.29, 0.717) is 19.7 Å². The summed E-state index contributed by atoms with van der Waals surface area (Å²) in [6.45, 7) is 1.81. The maximum absolute atomic E-state index is 10.8. The largest absolute Gasteiger partial charge is 0.481 e. The van der Waals surface area contributed by atoms with Crippen molar-refractivity contribution in [2.24, 2.45) is 5.92 Å². The zero-order valence-corrected chi connectivity index (χ0v) is 9.87. The number of hydrogen-bond acceptors (Lipinski definition) is 3. The van der Waals surface area contributed by atoms with Gasteiger partial charge in [-0.05, 0) is 5.56 Å². The molecule has 17 heavy (non-hydrogen) atoms. The van der Waals surface area contributed by atoms with E-state index in [9.17, 15) is 4.79 Å². The molecular formula is C13H17NO3. The van der Waals surface area contributed by atoms with Crippen LogP contribution in [0.4, 0.5) is 0 Å². The lowest BCUT2D eigenvalue weighted by molar-refractivity contribution is -0.149. The van der Waals surface area contributed by atoms with Gasteiger partial charge in [0.05, 0.1) is 18.6 Å². The second-order valence-corrected chi connectivity index (χ2v) is 4.37. The van der Waals surface area contributed by atoms with Crippen LogP contribution in [0.3, 0.4) is 0 Å². The van der Waals surface area contributed by atoms with Gasteiger partial charge < -0.3 is 9.84 Å². The molecule has 1 fully saturated rings. The average molecular weight is 235 g/mol. The fourth-order valence-corrected chi connectivity index (χ4v) is 2.17. The molecule has 1 heterocycles. The van der Waals surface area contributed by atoms with Crippen LogP contribution in [-0.4, -0.2) is 42.8 Å². The van der Waals surface area contributed by atoms with Gasteiger partial charge in [-0.2, -0.15) is 0 Å². The maximum Gasteiger partial charge on any atom is 0.309 e. The second kappa shape index (κ2) is 5.29. The van der Waals surface area contributed by atoms with Crippen molar-refractivity contribution in [3.63, 3.8) is 0 Å². The van der Waals surface area contributed by atoms with E-state index in [4.69, 9.17) is 9.84 Å². The number of nitrogens with zero attached hydrogens (tertiary/aromatic N) is 1. The van der Waals surface area contributed by atoms with E-state index in [0.717, 1.165) is 0 Å². The predicted molar refractivity (Wildman–Crippen MR) is 63.8 cm³/mol. The Morgan fingerprint density at radius 3 is 2.65 bits per heavy atom. The van der Waals surface area contributed by atoms with Crippen LogP contribution in [0, 0.1) is 5.92 Å². The number of likely N-dealkylation sites (tertiary alicyclic amines) is 1. The van der Waals surface area contributed by atoms with E-state index < -0.39 is 5.97 Å². The first-order chi connectivity index (χ1) is 8.22. The SMILES string of the molecule is COCC(c1ccccc1)N1CC(C(=O)O)C1. The van der Waals surface area contributed by atoms with E-state index in [1.165, 1.54) is 5.56 Å². The first-order valence-corrected chi connectivity index (χ1v) is 5.73. The van der Waals surface area contributed by atoms with E-state index in [1.807, 2.05) is 18.2 Å². The molecule has 0 spiro atoms. The zero-order chi connectivity index (χ0) is 12.3. The molecule has 2 rings (SSSR count). The molecule has 0 aromatic heterocycles. The molecule has 1 aliphatic rings. The predicted octanol–water partition coefficient (Wildman–Crippen LogP) is 1.39. The molecule has 1 saturated heterocycles. The zero-order valence-electron chi connectivity index (χ0n) is 9.87. The summed E-state index contributed by atoms with van der Waals surface area (Å²) in [7, 11) is 1.67. The second-order valence-electron chi connectivity index (χ2n) is 4.37. The first-order valence-electron chi connectivity index (χ1n) is 5.73. The molecule has 92 valence electrons. The number of rotatable bonds is 5. The summed E-state index contributed by atoms with van der Waals surface area (Å²) in [5.74, 6) is -0.927. The summed E-state index contributed by atoms with van der Waals surface area (Å²) in [5.41, 5.74) is 1.18. The molecular weight excluding hydrogens is 218 g/mol. The van der Waals surface area contributed by atoms with Crippen LogP contribution in [0.2, 0.25) is 0 Å². The monoisotopic (exact) mass is 235 g/mol. The Morgan fingerprint density at radius 1 is 1.47 bits per heavy atom. The lowest BCUT2D eigenvalue weighted by atomic mass is 9.95. The van der Waals surface area contributed by atoms with Gasteiger partial charge in [-0.3, -0.25) is 9.69 Å². The van der Waals surface area contributed by atoms with Gasteiger partial charge in [-0.25, -0.2) is 0 Å². The summed E-state index contributed by atoms with van der Waals surface area (Å²) >= 11 is 0. The number of hydrogen-bond donors (Lipinski definition) is 1. The number of methoxy groups -OCH3 is 1. The van der Waals surface area contributed by atoms with Crippen LogP contribution in [0.15, 0.2) is 30.3 Å². The third kappa shape index (κ3) is 2.65. The Morgan fingerprint density at radius 2 is 2.12 bits per heavy atom. The van der Waals surface area contributed by atoms with Gasteiger partial charge in [0.15, 0.2) is 0 Å². The number of ether oxygens (including phenoxy) is 1. The smallest absolute Gasteiger partial charge is 0.309 e. The van der Waals surface area contributed by atoms with Crippen LogP contribution in [0.5, 0.6) is 0 Å². The van der Waals surface area contributed by atoms with Crippen LogP contribution < -0.4 is 0 Å². The van der Waals surface area contributed by atoms with Gasteiger partial charge in [0, 0.05) is 20.2 Å². The minimum atomic E-state index is -0.703. The van der Waals surface area contributed by atoms with Crippen molar-refractivity contribution >= 4 is 5.97 Å². The van der Waals surface area contributed by atoms with Gasteiger partial charge >= 0.3 is 5.97 Å². The Balaban J connectivity index is 2.02. The highest BCUT2D eigenvalue weighted by atomic mass is 16.5. The van der Waals surface area contributed by atoms with E-state index >= 15 is 0 Å². The van der Waals surface area contributed by atoms with E-state index in [-0.39, 0.29) is 12.0 Å². The van der Waals surface area contributed by atoms with Crippen molar-refractivity contribution in [3.8, 4) is 0 Å². The molecule has 1 aliphatic heterocycles. The number of carbonyl (C=O) groups is 1. The minimum Gasteiger partial charge on any atom is -0.481 e. The maximum atomic E-state index is 10.8. The Bertz CT molecular complexity index is 374. The average Bonchev–Trinajstić information content (AvgIpc) is 2.27.